The predicted molar refractivity (Wildman–Crippen MR) is 69.3 cm³/mol. The van der Waals surface area contributed by atoms with E-state index in [1.165, 1.54) is 0 Å². The van der Waals surface area contributed by atoms with Crippen molar-refractivity contribution in [2.45, 2.75) is 27.7 Å². The third kappa shape index (κ3) is 1.83. The first-order chi connectivity index (χ1) is 7.35. The minimum atomic E-state index is 0.412. The summed E-state index contributed by atoms with van der Waals surface area (Å²) >= 11 is 3.32. The molecule has 1 aliphatic carbocycles. The lowest BCUT2D eigenvalue weighted by atomic mass is 10.0. The molecule has 1 aliphatic rings. The average molecular weight is 284 g/mol. The molecule has 1 aromatic rings. The molecule has 3 nitrogen and oxygen atoms in total. The van der Waals surface area contributed by atoms with Crippen LogP contribution in [-0.2, 0) is 0 Å². The van der Waals surface area contributed by atoms with Crippen molar-refractivity contribution in [2.75, 3.05) is 11.9 Å². The third-order valence-electron chi connectivity index (χ3n) is 4.40. The Bertz CT molecular complexity index is 370. The minimum absolute atomic E-state index is 0.412. The second-order valence-electron chi connectivity index (χ2n) is 5.60. The van der Waals surface area contributed by atoms with E-state index in [9.17, 15) is 0 Å². The van der Waals surface area contributed by atoms with Crippen LogP contribution >= 0.6 is 15.9 Å². The molecule has 0 saturated heterocycles. The number of anilines is 1. The van der Waals surface area contributed by atoms with E-state index in [1.807, 2.05) is 0 Å². The van der Waals surface area contributed by atoms with Gasteiger partial charge in [-0.15, -0.1) is 0 Å². The largest absolute Gasteiger partial charge is 0.354 e. The van der Waals surface area contributed by atoms with Gasteiger partial charge < -0.3 is 5.32 Å². The Balaban J connectivity index is 1.93. The summed E-state index contributed by atoms with van der Waals surface area (Å²) in [5.41, 5.74) is 0.824. The van der Waals surface area contributed by atoms with Crippen LogP contribution in [0.5, 0.6) is 0 Å². The average Bonchev–Trinajstić information content (AvgIpc) is 2.58. The highest BCUT2D eigenvalue weighted by Gasteiger charge is 2.64. The highest BCUT2D eigenvalue weighted by atomic mass is 79.9. The van der Waals surface area contributed by atoms with E-state index in [0.29, 0.717) is 22.7 Å². The van der Waals surface area contributed by atoms with Gasteiger partial charge in [-0.1, -0.05) is 27.7 Å². The predicted octanol–water partition coefficient (Wildman–Crippen LogP) is 3.33. The minimum Gasteiger partial charge on any atom is -0.354 e. The summed E-state index contributed by atoms with van der Waals surface area (Å²) in [7, 11) is 0. The summed E-state index contributed by atoms with van der Waals surface area (Å²) in [4.78, 5) is 8.41. The Morgan fingerprint density at radius 2 is 1.69 bits per heavy atom. The van der Waals surface area contributed by atoms with Gasteiger partial charge in [-0.3, -0.25) is 0 Å². The number of nitrogens with zero attached hydrogens (tertiary/aromatic N) is 2. The summed E-state index contributed by atoms with van der Waals surface area (Å²) in [6.45, 7) is 10.2. The first-order valence-corrected chi connectivity index (χ1v) is 6.36. The van der Waals surface area contributed by atoms with Crippen molar-refractivity contribution in [1.29, 1.82) is 0 Å². The van der Waals surface area contributed by atoms with Crippen molar-refractivity contribution >= 4 is 21.9 Å². The van der Waals surface area contributed by atoms with E-state index in [1.54, 1.807) is 12.4 Å². The standard InChI is InChI=1S/C12H18BrN3/c1-11(2)9(12(11,3)4)7-16-10-14-5-8(13)6-15-10/h5-6,9H,7H2,1-4H3,(H,14,15,16). The van der Waals surface area contributed by atoms with E-state index in [4.69, 9.17) is 0 Å². The molecule has 0 unspecified atom stereocenters. The molecule has 0 aliphatic heterocycles. The SMILES string of the molecule is CC1(C)C(CNc2ncc(Br)cn2)C1(C)C. The second kappa shape index (κ2) is 3.69. The molecule has 16 heavy (non-hydrogen) atoms. The van der Waals surface area contributed by atoms with Crippen LogP contribution in [0.3, 0.4) is 0 Å². The summed E-state index contributed by atoms with van der Waals surface area (Å²) < 4.78 is 0.908. The summed E-state index contributed by atoms with van der Waals surface area (Å²) in [5.74, 6) is 1.40. The van der Waals surface area contributed by atoms with Crippen molar-refractivity contribution in [3.8, 4) is 0 Å². The lowest BCUT2D eigenvalue weighted by molar-refractivity contribution is 0.457. The van der Waals surface area contributed by atoms with Crippen LogP contribution in [0, 0.1) is 16.7 Å². The molecule has 0 aromatic carbocycles. The molecule has 0 spiro atoms. The zero-order valence-electron chi connectivity index (χ0n) is 10.2. The molecule has 0 bridgehead atoms. The molecule has 1 N–H and O–H groups in total. The topological polar surface area (TPSA) is 37.8 Å². The lowest BCUT2D eigenvalue weighted by Crippen LogP contribution is -2.10. The van der Waals surface area contributed by atoms with Gasteiger partial charge >= 0.3 is 0 Å². The van der Waals surface area contributed by atoms with E-state index in [2.05, 4.69) is 58.9 Å². The Morgan fingerprint density at radius 1 is 1.19 bits per heavy atom. The molecule has 0 atom stereocenters. The molecule has 1 fully saturated rings. The quantitative estimate of drug-likeness (QED) is 0.925. The smallest absolute Gasteiger partial charge is 0.222 e. The number of aromatic nitrogens is 2. The van der Waals surface area contributed by atoms with Crippen LogP contribution in [-0.4, -0.2) is 16.5 Å². The third-order valence-corrected chi connectivity index (χ3v) is 4.81. The van der Waals surface area contributed by atoms with Crippen molar-refractivity contribution in [2.24, 2.45) is 16.7 Å². The van der Waals surface area contributed by atoms with Gasteiger partial charge in [-0.25, -0.2) is 9.97 Å². The fraction of sp³-hybridized carbons (Fsp3) is 0.667. The van der Waals surface area contributed by atoms with Crippen LogP contribution in [0.2, 0.25) is 0 Å². The molecule has 88 valence electrons. The van der Waals surface area contributed by atoms with E-state index in [0.717, 1.165) is 11.0 Å². The number of nitrogens with one attached hydrogen (secondary N) is 1. The number of rotatable bonds is 3. The highest BCUT2D eigenvalue weighted by Crippen LogP contribution is 2.68. The summed E-state index contributed by atoms with van der Waals surface area (Å²) in [6.07, 6.45) is 3.52. The first-order valence-electron chi connectivity index (χ1n) is 5.57. The van der Waals surface area contributed by atoms with Gasteiger partial charge in [0.05, 0.1) is 4.47 Å². The Morgan fingerprint density at radius 3 is 2.12 bits per heavy atom. The maximum Gasteiger partial charge on any atom is 0.222 e. The number of halogens is 1. The van der Waals surface area contributed by atoms with Gasteiger partial charge in [0.15, 0.2) is 0 Å². The fourth-order valence-corrected chi connectivity index (χ4v) is 2.65. The molecule has 2 rings (SSSR count). The number of hydrogen-bond donors (Lipinski definition) is 1. The van der Waals surface area contributed by atoms with Crippen molar-refractivity contribution < 1.29 is 0 Å². The van der Waals surface area contributed by atoms with E-state index < -0.39 is 0 Å². The number of hydrogen-bond acceptors (Lipinski definition) is 3. The van der Waals surface area contributed by atoms with Gasteiger partial charge in [0, 0.05) is 18.9 Å². The summed E-state index contributed by atoms with van der Waals surface area (Å²) in [6, 6.07) is 0. The molecule has 0 amide bonds. The molecule has 0 radical (unpaired) electrons. The van der Waals surface area contributed by atoms with Crippen molar-refractivity contribution in [1.82, 2.24) is 9.97 Å². The zero-order valence-corrected chi connectivity index (χ0v) is 11.8. The van der Waals surface area contributed by atoms with Crippen LogP contribution in [0.4, 0.5) is 5.95 Å². The maximum absolute atomic E-state index is 4.20. The van der Waals surface area contributed by atoms with Gasteiger partial charge in [0.1, 0.15) is 0 Å². The fourth-order valence-electron chi connectivity index (χ4n) is 2.44. The molecule has 1 heterocycles. The Labute approximate surface area is 105 Å². The zero-order chi connectivity index (χ0) is 12.0. The van der Waals surface area contributed by atoms with Crippen LogP contribution in [0.15, 0.2) is 16.9 Å². The summed E-state index contributed by atoms with van der Waals surface area (Å²) in [5, 5.41) is 3.30. The second-order valence-corrected chi connectivity index (χ2v) is 6.52. The molecule has 1 saturated carbocycles. The van der Waals surface area contributed by atoms with E-state index >= 15 is 0 Å². The van der Waals surface area contributed by atoms with Gasteiger partial charge in [-0.2, -0.15) is 0 Å². The van der Waals surface area contributed by atoms with Gasteiger partial charge in [-0.05, 0) is 32.7 Å². The van der Waals surface area contributed by atoms with E-state index in [-0.39, 0.29) is 0 Å². The van der Waals surface area contributed by atoms with Crippen molar-refractivity contribution in [3.05, 3.63) is 16.9 Å². The molecular formula is C12H18BrN3. The van der Waals surface area contributed by atoms with Crippen LogP contribution < -0.4 is 5.32 Å². The van der Waals surface area contributed by atoms with Gasteiger partial charge in [0.25, 0.3) is 0 Å². The molecular weight excluding hydrogens is 266 g/mol. The maximum atomic E-state index is 4.20. The Kier molecular flexibility index (Phi) is 2.73. The molecule has 1 aromatic heterocycles. The normalized spacial score (nSPS) is 21.8. The van der Waals surface area contributed by atoms with Gasteiger partial charge in [0.2, 0.25) is 5.95 Å². The van der Waals surface area contributed by atoms with Crippen molar-refractivity contribution in [3.63, 3.8) is 0 Å². The molecule has 4 heteroatoms. The lowest BCUT2D eigenvalue weighted by Gasteiger charge is -2.05. The van der Waals surface area contributed by atoms with Crippen LogP contribution in [0.25, 0.3) is 0 Å². The van der Waals surface area contributed by atoms with Crippen LogP contribution in [0.1, 0.15) is 27.7 Å². The first kappa shape index (κ1) is 11.8. The Hall–Kier alpha value is -0.640. The monoisotopic (exact) mass is 283 g/mol. The highest BCUT2D eigenvalue weighted by molar-refractivity contribution is 9.10.